The number of aromatic hydroxyl groups is 1. The lowest BCUT2D eigenvalue weighted by atomic mass is 10.3. The van der Waals surface area contributed by atoms with Gasteiger partial charge in [-0.3, -0.25) is 5.32 Å². The first-order valence-electron chi connectivity index (χ1n) is 5.36. The fraction of sp³-hybridized carbons (Fsp3) is 0.167. The first-order chi connectivity index (χ1) is 8.56. The topological polar surface area (TPSA) is 74.2 Å². The van der Waals surface area contributed by atoms with Crippen molar-refractivity contribution < 1.29 is 9.90 Å². The highest BCUT2D eigenvalue weighted by molar-refractivity contribution is 7.15. The van der Waals surface area contributed by atoms with Crippen molar-refractivity contribution in [3.05, 3.63) is 34.8 Å². The second kappa shape index (κ2) is 5.05. The summed E-state index contributed by atoms with van der Waals surface area (Å²) < 4.78 is 0. The molecule has 3 N–H and O–H groups in total. The van der Waals surface area contributed by atoms with Crippen LogP contribution in [-0.2, 0) is 0 Å². The van der Waals surface area contributed by atoms with E-state index in [0.29, 0.717) is 10.8 Å². The maximum Gasteiger partial charge on any atom is 0.325 e. The third kappa shape index (κ3) is 2.78. The Labute approximate surface area is 108 Å². The Kier molecular flexibility index (Phi) is 3.47. The molecule has 0 unspecified atom stereocenters. The molecule has 2 rings (SSSR count). The Balaban J connectivity index is 2.03. The Morgan fingerprint density at radius 2 is 2.00 bits per heavy atom. The summed E-state index contributed by atoms with van der Waals surface area (Å²) in [5.74, 6) is 0.0270. The van der Waals surface area contributed by atoms with Crippen LogP contribution < -0.4 is 10.6 Å². The molecular formula is C12H13N3O2S. The Morgan fingerprint density at radius 3 is 2.61 bits per heavy atom. The molecule has 2 aromatic rings. The van der Waals surface area contributed by atoms with Crippen LogP contribution in [0.15, 0.2) is 24.3 Å². The average molecular weight is 263 g/mol. The maximum absolute atomic E-state index is 11.7. The van der Waals surface area contributed by atoms with Crippen LogP contribution in [0.3, 0.4) is 0 Å². The molecule has 0 spiro atoms. The maximum atomic E-state index is 11.7. The lowest BCUT2D eigenvalue weighted by Gasteiger charge is -2.06. The van der Waals surface area contributed by atoms with Gasteiger partial charge in [0.05, 0.1) is 11.4 Å². The predicted molar refractivity (Wildman–Crippen MR) is 72.3 cm³/mol. The number of carbonyl (C=O) groups is 1. The lowest BCUT2D eigenvalue weighted by molar-refractivity contribution is 0.262. The molecule has 1 aromatic carbocycles. The number of hydrogen-bond acceptors (Lipinski definition) is 4. The summed E-state index contributed by atoms with van der Waals surface area (Å²) in [5.41, 5.74) is 1.26. The summed E-state index contributed by atoms with van der Waals surface area (Å²) in [6.45, 7) is 3.83. The summed E-state index contributed by atoms with van der Waals surface area (Å²) in [6, 6.07) is 6.12. The fourth-order valence-electron chi connectivity index (χ4n) is 1.36. The quantitative estimate of drug-likeness (QED) is 0.729. The van der Waals surface area contributed by atoms with Crippen molar-refractivity contribution in [2.75, 3.05) is 10.6 Å². The number of amides is 2. The Morgan fingerprint density at radius 1 is 1.28 bits per heavy atom. The number of rotatable bonds is 2. The standard InChI is InChI=1S/C12H13N3O2S/c1-7-8(2)18-12(13-7)15-11(17)14-9-5-3-4-6-10(9)16/h3-6,16H,1-2H3,(H2,13,14,15,17). The van der Waals surface area contributed by atoms with Crippen molar-refractivity contribution in [3.63, 3.8) is 0 Å². The largest absolute Gasteiger partial charge is 0.506 e. The van der Waals surface area contributed by atoms with Crippen LogP contribution in [0.25, 0.3) is 0 Å². The van der Waals surface area contributed by atoms with Crippen molar-refractivity contribution in [3.8, 4) is 5.75 Å². The van der Waals surface area contributed by atoms with Gasteiger partial charge in [0, 0.05) is 4.88 Å². The monoisotopic (exact) mass is 263 g/mol. The van der Waals surface area contributed by atoms with Gasteiger partial charge in [-0.05, 0) is 26.0 Å². The van der Waals surface area contributed by atoms with Gasteiger partial charge in [0.25, 0.3) is 0 Å². The van der Waals surface area contributed by atoms with Crippen LogP contribution in [0, 0.1) is 13.8 Å². The summed E-state index contributed by atoms with van der Waals surface area (Å²) in [5, 5.41) is 15.2. The zero-order chi connectivity index (χ0) is 13.1. The molecule has 0 saturated carbocycles. The molecule has 2 amide bonds. The third-order valence-corrected chi connectivity index (χ3v) is 3.39. The van der Waals surface area contributed by atoms with E-state index in [0.717, 1.165) is 10.6 Å². The minimum atomic E-state index is -0.426. The van der Waals surface area contributed by atoms with Gasteiger partial charge in [0.1, 0.15) is 5.75 Å². The van der Waals surface area contributed by atoms with Crippen molar-refractivity contribution >= 4 is 28.2 Å². The van der Waals surface area contributed by atoms with E-state index in [1.165, 1.54) is 17.4 Å². The number of nitrogens with one attached hydrogen (secondary N) is 2. The first-order valence-corrected chi connectivity index (χ1v) is 6.18. The number of benzene rings is 1. The van der Waals surface area contributed by atoms with E-state index in [4.69, 9.17) is 0 Å². The number of thiazole rings is 1. The summed E-state index contributed by atoms with van der Waals surface area (Å²) in [7, 11) is 0. The number of phenols is 1. The molecule has 18 heavy (non-hydrogen) atoms. The number of carbonyl (C=O) groups excluding carboxylic acids is 1. The predicted octanol–water partition coefficient (Wildman–Crippen LogP) is 3.11. The lowest BCUT2D eigenvalue weighted by Crippen LogP contribution is -2.19. The minimum Gasteiger partial charge on any atom is -0.506 e. The van der Waals surface area contributed by atoms with E-state index in [9.17, 15) is 9.90 Å². The molecule has 0 saturated heterocycles. The van der Waals surface area contributed by atoms with Crippen LogP contribution in [0.1, 0.15) is 10.6 Å². The van der Waals surface area contributed by atoms with Gasteiger partial charge in [-0.1, -0.05) is 12.1 Å². The number of nitrogens with zero attached hydrogens (tertiary/aromatic N) is 1. The van der Waals surface area contributed by atoms with Crippen LogP contribution in [0.4, 0.5) is 15.6 Å². The molecule has 0 aliphatic heterocycles. The third-order valence-electron chi connectivity index (χ3n) is 2.40. The first kappa shape index (κ1) is 12.4. The van der Waals surface area contributed by atoms with Gasteiger partial charge in [-0.25, -0.2) is 9.78 Å². The van der Waals surface area contributed by atoms with E-state index < -0.39 is 6.03 Å². The second-order valence-corrected chi connectivity index (χ2v) is 4.96. The number of aromatic nitrogens is 1. The Bertz CT molecular complexity index is 561. The van der Waals surface area contributed by atoms with Gasteiger partial charge in [0.15, 0.2) is 5.13 Å². The zero-order valence-corrected chi connectivity index (χ0v) is 10.8. The number of phenolic OH excluding ortho intramolecular Hbond substituents is 1. The van der Waals surface area contributed by atoms with E-state index in [-0.39, 0.29) is 5.75 Å². The number of aryl methyl sites for hydroxylation is 2. The van der Waals surface area contributed by atoms with E-state index >= 15 is 0 Å². The zero-order valence-electron chi connectivity index (χ0n) is 10.0. The molecule has 0 atom stereocenters. The summed E-state index contributed by atoms with van der Waals surface area (Å²) >= 11 is 1.41. The molecule has 0 aliphatic rings. The highest BCUT2D eigenvalue weighted by Crippen LogP contribution is 2.23. The van der Waals surface area contributed by atoms with E-state index in [1.807, 2.05) is 13.8 Å². The van der Waals surface area contributed by atoms with Crippen LogP contribution >= 0.6 is 11.3 Å². The molecule has 0 fully saturated rings. The fourth-order valence-corrected chi connectivity index (χ4v) is 2.17. The van der Waals surface area contributed by atoms with Crippen molar-refractivity contribution in [2.24, 2.45) is 0 Å². The SMILES string of the molecule is Cc1nc(NC(=O)Nc2ccccc2O)sc1C. The second-order valence-electron chi connectivity index (χ2n) is 3.76. The van der Waals surface area contributed by atoms with Crippen molar-refractivity contribution in [2.45, 2.75) is 13.8 Å². The highest BCUT2D eigenvalue weighted by atomic mass is 32.1. The summed E-state index contributed by atoms with van der Waals surface area (Å²) in [6.07, 6.45) is 0. The van der Waals surface area contributed by atoms with Gasteiger partial charge < -0.3 is 10.4 Å². The van der Waals surface area contributed by atoms with E-state index in [2.05, 4.69) is 15.6 Å². The molecule has 0 aliphatic carbocycles. The van der Waals surface area contributed by atoms with Crippen molar-refractivity contribution in [1.82, 2.24) is 4.98 Å². The van der Waals surface area contributed by atoms with Gasteiger partial charge in [-0.2, -0.15) is 0 Å². The molecular weight excluding hydrogens is 250 g/mol. The number of urea groups is 1. The normalized spacial score (nSPS) is 10.1. The Hall–Kier alpha value is -2.08. The minimum absolute atomic E-state index is 0.0270. The van der Waals surface area contributed by atoms with Gasteiger partial charge >= 0.3 is 6.03 Å². The van der Waals surface area contributed by atoms with Crippen LogP contribution in [0.2, 0.25) is 0 Å². The van der Waals surface area contributed by atoms with Crippen LogP contribution in [0.5, 0.6) is 5.75 Å². The molecule has 0 bridgehead atoms. The molecule has 0 radical (unpaired) electrons. The van der Waals surface area contributed by atoms with Crippen molar-refractivity contribution in [1.29, 1.82) is 0 Å². The number of para-hydroxylation sites is 2. The average Bonchev–Trinajstić information content (AvgIpc) is 2.61. The number of anilines is 2. The molecule has 1 heterocycles. The molecule has 6 heteroatoms. The molecule has 1 aromatic heterocycles. The van der Waals surface area contributed by atoms with Gasteiger partial charge in [-0.15, -0.1) is 11.3 Å². The molecule has 5 nitrogen and oxygen atoms in total. The van der Waals surface area contributed by atoms with E-state index in [1.54, 1.807) is 18.2 Å². The molecule has 94 valence electrons. The number of hydrogen-bond donors (Lipinski definition) is 3. The van der Waals surface area contributed by atoms with Crippen LogP contribution in [-0.4, -0.2) is 16.1 Å². The smallest absolute Gasteiger partial charge is 0.325 e. The highest BCUT2D eigenvalue weighted by Gasteiger charge is 2.09. The summed E-state index contributed by atoms with van der Waals surface area (Å²) in [4.78, 5) is 16.9. The van der Waals surface area contributed by atoms with Gasteiger partial charge in [0.2, 0.25) is 0 Å².